The van der Waals surface area contributed by atoms with Gasteiger partial charge in [0.2, 0.25) is 0 Å². The highest BCUT2D eigenvalue weighted by atomic mass is 19.1. The Balaban J connectivity index is 1.50. The minimum Gasteiger partial charge on any atom is -0.367 e. The van der Waals surface area contributed by atoms with E-state index in [9.17, 15) is 14.0 Å². The van der Waals surface area contributed by atoms with Gasteiger partial charge in [-0.25, -0.2) is 13.8 Å². The molecule has 3 amide bonds. The Morgan fingerprint density at radius 3 is 2.47 bits per heavy atom. The van der Waals surface area contributed by atoms with Gasteiger partial charge in [0, 0.05) is 40.3 Å². The van der Waals surface area contributed by atoms with Crippen molar-refractivity contribution >= 4 is 29.3 Å². The molecular weight excluding hydrogens is 387 g/mol. The van der Waals surface area contributed by atoms with Crippen molar-refractivity contribution in [3.63, 3.8) is 0 Å². The van der Waals surface area contributed by atoms with Crippen LogP contribution in [0.3, 0.4) is 0 Å². The van der Waals surface area contributed by atoms with E-state index in [1.165, 1.54) is 22.9 Å². The van der Waals surface area contributed by atoms with Crippen molar-refractivity contribution in [2.24, 2.45) is 4.99 Å². The number of carbonyl (C=O) groups excluding carboxylic acids is 2. The summed E-state index contributed by atoms with van der Waals surface area (Å²) in [5.74, 6) is 0.900. The normalized spacial score (nSPS) is 22.7. The number of carbonyl (C=O) groups is 2. The number of hydrogen-bond acceptors (Lipinski definition) is 5. The maximum Gasteiger partial charge on any atom is 0.333 e. The van der Waals surface area contributed by atoms with Crippen molar-refractivity contribution in [3.8, 4) is 0 Å². The smallest absolute Gasteiger partial charge is 0.333 e. The van der Waals surface area contributed by atoms with Crippen LogP contribution >= 0.6 is 0 Å². The van der Waals surface area contributed by atoms with Crippen molar-refractivity contribution in [1.82, 2.24) is 14.7 Å². The molecule has 3 heterocycles. The van der Waals surface area contributed by atoms with Crippen molar-refractivity contribution < 1.29 is 18.6 Å². The molecule has 0 bridgehead atoms. The lowest BCUT2D eigenvalue weighted by atomic mass is 10.1. The van der Waals surface area contributed by atoms with Gasteiger partial charge in [-0.15, -0.1) is 0 Å². The number of aliphatic imine (C=N–C) groups is 1. The lowest BCUT2D eigenvalue weighted by Gasteiger charge is -2.35. The summed E-state index contributed by atoms with van der Waals surface area (Å²) in [4.78, 5) is 36.8. The number of amidine groups is 2. The summed E-state index contributed by atoms with van der Waals surface area (Å²) < 4.78 is 16.1. The number of urea groups is 1. The third-order valence-corrected chi connectivity index (χ3v) is 6.01. The molecule has 0 aromatic heterocycles. The molecule has 0 spiro atoms. The number of imide groups is 1. The van der Waals surface area contributed by atoms with E-state index in [1.54, 1.807) is 13.1 Å². The molecule has 1 aromatic rings. The van der Waals surface area contributed by atoms with Gasteiger partial charge in [-0.1, -0.05) is 19.1 Å². The molecule has 3 aliphatic heterocycles. The minimum atomic E-state index is -0.535. The first-order valence-corrected chi connectivity index (χ1v) is 10.4. The van der Waals surface area contributed by atoms with Crippen molar-refractivity contribution in [3.05, 3.63) is 30.1 Å². The van der Waals surface area contributed by atoms with E-state index >= 15 is 0 Å². The highest BCUT2D eigenvalue weighted by molar-refractivity contribution is 6.23. The molecule has 9 heteroatoms. The average Bonchev–Trinajstić information content (AvgIpc) is 3.10. The van der Waals surface area contributed by atoms with Gasteiger partial charge in [-0.3, -0.25) is 19.5 Å². The summed E-state index contributed by atoms with van der Waals surface area (Å²) in [6.07, 6.45) is 0.874. The van der Waals surface area contributed by atoms with Crippen LogP contribution < -0.4 is 4.90 Å². The quantitative estimate of drug-likeness (QED) is 0.675. The van der Waals surface area contributed by atoms with Gasteiger partial charge in [-0.05, 0) is 23.5 Å². The summed E-state index contributed by atoms with van der Waals surface area (Å²) in [6, 6.07) is 5.96. The summed E-state index contributed by atoms with van der Waals surface area (Å²) >= 11 is 0. The molecule has 4 rings (SSSR count). The Morgan fingerprint density at radius 2 is 1.80 bits per heavy atom. The average molecular weight is 415 g/mol. The Morgan fingerprint density at radius 1 is 1.10 bits per heavy atom. The second-order valence-electron chi connectivity index (χ2n) is 7.94. The van der Waals surface area contributed by atoms with E-state index in [1.807, 2.05) is 16.7 Å². The first kappa shape index (κ1) is 20.5. The van der Waals surface area contributed by atoms with Crippen LogP contribution in [0.1, 0.15) is 13.3 Å². The Hall–Kier alpha value is -2.81. The fraction of sp³-hybridized carbons (Fsp3) is 0.524. The topological polar surface area (TPSA) is 62.5 Å². The largest absolute Gasteiger partial charge is 0.367 e. The summed E-state index contributed by atoms with van der Waals surface area (Å²) in [5, 5.41) is 0. The van der Waals surface area contributed by atoms with Crippen LogP contribution in [0.2, 0.25) is 0 Å². The molecule has 0 saturated carbocycles. The van der Waals surface area contributed by atoms with Gasteiger partial charge in [0.1, 0.15) is 12.4 Å². The predicted octanol–water partition coefficient (Wildman–Crippen LogP) is 1.07. The highest BCUT2D eigenvalue weighted by Gasteiger charge is 2.52. The van der Waals surface area contributed by atoms with Crippen LogP contribution in [-0.4, -0.2) is 102 Å². The molecule has 0 N–H and O–H groups in total. The Kier molecular flexibility index (Phi) is 5.55. The van der Waals surface area contributed by atoms with Crippen LogP contribution in [0.4, 0.5) is 14.9 Å². The molecule has 30 heavy (non-hydrogen) atoms. The summed E-state index contributed by atoms with van der Waals surface area (Å²) in [5.41, 5.74) is 0.637. The number of rotatable bonds is 5. The van der Waals surface area contributed by atoms with Crippen LogP contribution in [0.5, 0.6) is 0 Å². The van der Waals surface area contributed by atoms with E-state index in [0.29, 0.717) is 24.6 Å². The zero-order chi connectivity index (χ0) is 21.4. The minimum absolute atomic E-state index is 0.198. The zero-order valence-corrected chi connectivity index (χ0v) is 17.7. The fourth-order valence-electron chi connectivity index (χ4n) is 4.33. The molecule has 1 atom stereocenters. The molecule has 8 nitrogen and oxygen atoms in total. The Bertz CT molecular complexity index is 922. The maximum atomic E-state index is 14.1. The van der Waals surface area contributed by atoms with E-state index in [-0.39, 0.29) is 17.8 Å². The number of para-hydroxylation sites is 1. The number of fused-ring (bicyclic) bond motifs is 1. The van der Waals surface area contributed by atoms with Gasteiger partial charge >= 0.3 is 11.9 Å². The Labute approximate surface area is 175 Å². The van der Waals surface area contributed by atoms with Gasteiger partial charge in [0.05, 0.1) is 12.2 Å². The molecule has 2 fully saturated rings. The van der Waals surface area contributed by atoms with E-state index in [2.05, 4.69) is 16.7 Å². The van der Waals surface area contributed by atoms with Crippen LogP contribution in [0.25, 0.3) is 0 Å². The molecule has 1 unspecified atom stereocenters. The lowest BCUT2D eigenvalue weighted by Crippen LogP contribution is -2.61. The molecule has 160 valence electrons. The monoisotopic (exact) mass is 415 g/mol. The van der Waals surface area contributed by atoms with Crippen molar-refractivity contribution in [1.29, 1.82) is 0 Å². The third-order valence-electron chi connectivity index (χ3n) is 6.01. The number of likely N-dealkylation sites (N-methyl/N-ethyl adjacent to an activating group) is 2. The van der Waals surface area contributed by atoms with Gasteiger partial charge in [0.25, 0.3) is 17.8 Å². The van der Waals surface area contributed by atoms with E-state index in [4.69, 9.17) is 4.99 Å². The number of piperazine rings is 1. The SMILES string of the molecule is CCC[N+]1=C(CN2CCN(c3ccccc3F)CC2)N=C2C1C(=O)N(C)C(=O)N2C. The first-order valence-electron chi connectivity index (χ1n) is 10.4. The summed E-state index contributed by atoms with van der Waals surface area (Å²) in [7, 11) is 3.18. The molecule has 1 aromatic carbocycles. The standard InChI is InChI=1S/C21H28FN6O2/c1-4-9-28-17(23-19-18(28)20(29)25(3)21(30)24(19)2)14-26-10-12-27(13-11-26)16-8-6-5-7-15(16)22/h5-8,18H,4,9-14H2,1-3H3/q+1. The number of hydrogen-bond donors (Lipinski definition) is 0. The highest BCUT2D eigenvalue weighted by Crippen LogP contribution is 2.22. The number of halogens is 1. The van der Waals surface area contributed by atoms with Crippen LogP contribution in [0, 0.1) is 5.82 Å². The van der Waals surface area contributed by atoms with Gasteiger partial charge in [-0.2, -0.15) is 0 Å². The van der Waals surface area contributed by atoms with Crippen molar-refractivity contribution in [2.45, 2.75) is 19.4 Å². The predicted molar refractivity (Wildman–Crippen MR) is 113 cm³/mol. The number of anilines is 1. The third kappa shape index (κ3) is 3.47. The lowest BCUT2D eigenvalue weighted by molar-refractivity contribution is -0.536. The van der Waals surface area contributed by atoms with Crippen LogP contribution in [-0.2, 0) is 4.79 Å². The molecule has 2 saturated heterocycles. The first-order chi connectivity index (χ1) is 14.4. The van der Waals surface area contributed by atoms with Gasteiger partial charge in [0.15, 0.2) is 0 Å². The summed E-state index contributed by atoms with van der Waals surface area (Å²) in [6.45, 7) is 6.36. The molecule has 3 aliphatic rings. The number of nitrogens with zero attached hydrogens (tertiary/aromatic N) is 6. The van der Waals surface area contributed by atoms with E-state index < -0.39 is 6.04 Å². The second-order valence-corrected chi connectivity index (χ2v) is 7.94. The molecular formula is C21H28FN6O2+. The van der Waals surface area contributed by atoms with E-state index in [0.717, 1.165) is 38.4 Å². The molecule has 0 aliphatic carbocycles. The zero-order valence-electron chi connectivity index (χ0n) is 17.7. The number of benzene rings is 1. The number of amides is 3. The van der Waals surface area contributed by atoms with Crippen molar-refractivity contribution in [2.75, 3.05) is 58.3 Å². The maximum absolute atomic E-state index is 14.1. The van der Waals surface area contributed by atoms with Gasteiger partial charge < -0.3 is 4.90 Å². The van der Waals surface area contributed by atoms with Crippen LogP contribution in [0.15, 0.2) is 29.3 Å². The molecule has 0 radical (unpaired) electrons. The fourth-order valence-corrected chi connectivity index (χ4v) is 4.33. The second kappa shape index (κ2) is 8.14.